The number of hydrogen-bond donors (Lipinski definition) is 2. The van der Waals surface area contributed by atoms with E-state index in [1.165, 1.54) is 18.4 Å². The molecular weight excluding hydrogens is 488 g/mol. The highest BCUT2D eigenvalue weighted by Crippen LogP contribution is 2.38. The van der Waals surface area contributed by atoms with Crippen LogP contribution in [0.3, 0.4) is 0 Å². The number of anilines is 3. The minimum Gasteiger partial charge on any atom is -0.378 e. The van der Waals surface area contributed by atoms with Gasteiger partial charge in [-0.2, -0.15) is 0 Å². The van der Waals surface area contributed by atoms with Crippen molar-refractivity contribution in [1.82, 2.24) is 14.9 Å². The van der Waals surface area contributed by atoms with E-state index in [1.54, 1.807) is 18.3 Å². The Morgan fingerprint density at radius 2 is 1.74 bits per heavy atom. The first-order chi connectivity index (χ1) is 18.9. The number of ether oxygens (including phenoxy) is 1. The molecule has 0 saturated carbocycles. The molecule has 206 valence electrons. The second-order valence-electron chi connectivity index (χ2n) is 11.2. The lowest BCUT2D eigenvalue weighted by Gasteiger charge is -2.40. The Labute approximate surface area is 231 Å². The van der Waals surface area contributed by atoms with E-state index < -0.39 is 0 Å². The fraction of sp³-hybridized carbons (Fsp3) is 0.452. The molecule has 0 radical (unpaired) electrons. The number of aromatic nitrogens is 2. The highest BCUT2D eigenvalue weighted by atomic mass is 16.5. The molecule has 8 nitrogen and oxygen atoms in total. The molecule has 0 bridgehead atoms. The maximum Gasteiger partial charge on any atom is 0.259 e. The molecule has 0 atom stereocenters. The molecule has 2 aliphatic heterocycles. The van der Waals surface area contributed by atoms with Crippen molar-refractivity contribution in [3.63, 3.8) is 0 Å². The Balaban J connectivity index is 1.22. The van der Waals surface area contributed by atoms with Gasteiger partial charge in [0.25, 0.3) is 5.91 Å². The normalized spacial score (nSPS) is 17.2. The highest BCUT2D eigenvalue weighted by Gasteiger charge is 2.33. The Bertz CT molecular complexity index is 1250. The Morgan fingerprint density at radius 3 is 2.49 bits per heavy atom. The van der Waals surface area contributed by atoms with Crippen molar-refractivity contribution in [3.8, 4) is 0 Å². The van der Waals surface area contributed by atoms with Gasteiger partial charge >= 0.3 is 0 Å². The number of nitrogens with zero attached hydrogens (tertiary/aromatic N) is 4. The van der Waals surface area contributed by atoms with Crippen molar-refractivity contribution in [2.75, 3.05) is 62.0 Å². The van der Waals surface area contributed by atoms with Crippen molar-refractivity contribution in [1.29, 1.82) is 0 Å². The first kappa shape index (κ1) is 27.1. The molecule has 2 aromatic heterocycles. The van der Waals surface area contributed by atoms with Crippen LogP contribution in [0.5, 0.6) is 0 Å². The third kappa shape index (κ3) is 6.57. The van der Waals surface area contributed by atoms with Crippen molar-refractivity contribution >= 4 is 23.2 Å². The third-order valence-electron chi connectivity index (χ3n) is 8.28. The van der Waals surface area contributed by atoms with Crippen LogP contribution in [-0.4, -0.2) is 67.2 Å². The lowest BCUT2D eigenvalue weighted by Crippen LogP contribution is -2.39. The van der Waals surface area contributed by atoms with Crippen LogP contribution in [0.1, 0.15) is 48.2 Å². The van der Waals surface area contributed by atoms with E-state index in [0.29, 0.717) is 23.8 Å². The summed E-state index contributed by atoms with van der Waals surface area (Å²) < 4.78 is 5.45. The summed E-state index contributed by atoms with van der Waals surface area (Å²) in [5.74, 6) is 1.97. The molecule has 39 heavy (non-hydrogen) atoms. The first-order valence-electron chi connectivity index (χ1n) is 14.0. The van der Waals surface area contributed by atoms with Gasteiger partial charge in [0.2, 0.25) is 0 Å². The van der Waals surface area contributed by atoms with Gasteiger partial charge in [-0.1, -0.05) is 26.0 Å². The number of nitrogens with one attached hydrogen (secondary N) is 2. The second kappa shape index (κ2) is 12.1. The number of carbonyl (C=O) groups excluding carboxylic acids is 1. The lowest BCUT2D eigenvalue weighted by molar-refractivity contribution is 0.102. The minimum absolute atomic E-state index is 0.0961. The lowest BCUT2D eigenvalue weighted by atomic mass is 9.69. The standard InChI is InChI=1S/C31H40N6O2/c1-31(2,25-11-15-36(3)16-12-25)24-6-8-26(9-7-24)35-30(38)27-5-4-13-33-29(27)34-22-23-10-14-32-28(21-23)37-17-19-39-20-18-37/h4-10,13-14,21,25H,11-12,15-20,22H2,1-3H3,(H,33,34)(H,35,38). The quantitative estimate of drug-likeness (QED) is 0.435. The molecule has 2 saturated heterocycles. The number of likely N-dealkylation sites (tertiary alicyclic amines) is 1. The maximum atomic E-state index is 13.2. The monoisotopic (exact) mass is 528 g/mol. The van der Waals surface area contributed by atoms with E-state index in [2.05, 4.69) is 69.5 Å². The van der Waals surface area contributed by atoms with E-state index in [4.69, 9.17) is 4.74 Å². The number of benzene rings is 1. The molecule has 2 N–H and O–H groups in total. The summed E-state index contributed by atoms with van der Waals surface area (Å²) in [5.41, 5.74) is 3.77. The van der Waals surface area contributed by atoms with Crippen molar-refractivity contribution in [2.45, 2.75) is 38.6 Å². The molecule has 4 heterocycles. The molecule has 3 aromatic rings. The zero-order chi connectivity index (χ0) is 27.2. The van der Waals surface area contributed by atoms with Crippen LogP contribution in [0.4, 0.5) is 17.3 Å². The van der Waals surface area contributed by atoms with Gasteiger partial charge in [0.05, 0.1) is 18.8 Å². The molecule has 2 fully saturated rings. The van der Waals surface area contributed by atoms with E-state index >= 15 is 0 Å². The number of rotatable bonds is 8. The predicted octanol–water partition coefficient (Wildman–Crippen LogP) is 4.80. The number of piperidine rings is 1. The number of hydrogen-bond acceptors (Lipinski definition) is 7. The van der Waals surface area contributed by atoms with Gasteiger partial charge in [0.15, 0.2) is 0 Å². The van der Waals surface area contributed by atoms with Crippen molar-refractivity contribution in [3.05, 3.63) is 77.6 Å². The van der Waals surface area contributed by atoms with Gasteiger partial charge in [-0.05, 0) is 91.8 Å². The summed E-state index contributed by atoms with van der Waals surface area (Å²) >= 11 is 0. The average Bonchev–Trinajstić information content (AvgIpc) is 2.97. The number of morpholine rings is 1. The Morgan fingerprint density at radius 1 is 1.00 bits per heavy atom. The Hall–Kier alpha value is -3.49. The van der Waals surface area contributed by atoms with Crippen LogP contribution >= 0.6 is 0 Å². The van der Waals surface area contributed by atoms with Crippen LogP contribution in [0.15, 0.2) is 60.9 Å². The predicted molar refractivity (Wildman–Crippen MR) is 156 cm³/mol. The van der Waals surface area contributed by atoms with Gasteiger partial charge in [-0.25, -0.2) is 9.97 Å². The van der Waals surface area contributed by atoms with E-state index in [0.717, 1.165) is 56.5 Å². The van der Waals surface area contributed by atoms with Crippen molar-refractivity contribution < 1.29 is 9.53 Å². The second-order valence-corrected chi connectivity index (χ2v) is 11.2. The van der Waals surface area contributed by atoms with E-state index in [-0.39, 0.29) is 11.3 Å². The maximum absolute atomic E-state index is 13.2. The third-order valence-corrected chi connectivity index (χ3v) is 8.28. The smallest absolute Gasteiger partial charge is 0.259 e. The Kier molecular flexibility index (Phi) is 8.43. The highest BCUT2D eigenvalue weighted by molar-refractivity contribution is 6.07. The SMILES string of the molecule is CN1CCC(C(C)(C)c2ccc(NC(=O)c3cccnc3NCc3ccnc(N4CCOCC4)c3)cc2)CC1. The number of pyridine rings is 2. The fourth-order valence-electron chi connectivity index (χ4n) is 5.60. The van der Waals surface area contributed by atoms with Crippen LogP contribution in [0.2, 0.25) is 0 Å². The summed E-state index contributed by atoms with van der Waals surface area (Å²) in [6.07, 6.45) is 5.95. The van der Waals surface area contributed by atoms with E-state index in [1.807, 2.05) is 24.4 Å². The molecule has 1 amide bonds. The molecule has 0 unspecified atom stereocenters. The van der Waals surface area contributed by atoms with Crippen LogP contribution in [0.25, 0.3) is 0 Å². The zero-order valence-corrected chi connectivity index (χ0v) is 23.3. The topological polar surface area (TPSA) is 82.6 Å². The summed E-state index contributed by atoms with van der Waals surface area (Å²) in [6, 6.07) is 16.0. The number of carbonyl (C=O) groups is 1. The number of amides is 1. The summed E-state index contributed by atoms with van der Waals surface area (Å²) in [5, 5.41) is 6.41. The molecule has 0 spiro atoms. The molecule has 5 rings (SSSR count). The molecular formula is C31H40N6O2. The fourth-order valence-corrected chi connectivity index (χ4v) is 5.60. The van der Waals surface area contributed by atoms with Crippen LogP contribution < -0.4 is 15.5 Å². The summed E-state index contributed by atoms with van der Waals surface area (Å²) in [7, 11) is 2.20. The summed E-state index contributed by atoms with van der Waals surface area (Å²) in [6.45, 7) is 10.6. The average molecular weight is 529 g/mol. The van der Waals surface area contributed by atoms with Crippen molar-refractivity contribution in [2.24, 2.45) is 5.92 Å². The minimum atomic E-state index is -0.184. The molecule has 2 aliphatic rings. The van der Waals surface area contributed by atoms with Gasteiger partial charge in [-0.15, -0.1) is 0 Å². The van der Waals surface area contributed by atoms with E-state index in [9.17, 15) is 4.79 Å². The van der Waals surface area contributed by atoms with Crippen LogP contribution in [0, 0.1) is 5.92 Å². The summed E-state index contributed by atoms with van der Waals surface area (Å²) in [4.78, 5) is 26.9. The van der Waals surface area contributed by atoms with Gasteiger partial charge in [0, 0.05) is 37.7 Å². The largest absolute Gasteiger partial charge is 0.378 e. The zero-order valence-electron chi connectivity index (χ0n) is 23.3. The molecule has 1 aromatic carbocycles. The van der Waals surface area contributed by atoms with Gasteiger partial charge in [0.1, 0.15) is 11.6 Å². The molecule has 8 heteroatoms. The van der Waals surface area contributed by atoms with Crippen LogP contribution in [-0.2, 0) is 16.7 Å². The first-order valence-corrected chi connectivity index (χ1v) is 14.0. The molecule has 0 aliphatic carbocycles. The van der Waals surface area contributed by atoms with Gasteiger partial charge in [-0.3, -0.25) is 4.79 Å². The van der Waals surface area contributed by atoms with Gasteiger partial charge < -0.3 is 25.2 Å².